The lowest BCUT2D eigenvalue weighted by Crippen LogP contribution is -1.95. The van der Waals surface area contributed by atoms with Crippen LogP contribution in [0, 0.1) is 6.92 Å². The molecule has 0 amide bonds. The fraction of sp³-hybridized carbons (Fsp3) is 0.294. The van der Waals surface area contributed by atoms with Crippen LogP contribution >= 0.6 is 27.5 Å². The molecule has 2 aromatic carbocycles. The van der Waals surface area contributed by atoms with Gasteiger partial charge in [-0.25, -0.2) is 0 Å². The first-order valence-corrected chi connectivity index (χ1v) is 8.14. The first-order valence-electron chi connectivity index (χ1n) is 6.64. The number of aryl methyl sites for hydroxylation is 1. The predicted octanol–water partition coefficient (Wildman–Crippen LogP) is 6.46. The number of rotatable bonds is 4. The molecule has 0 saturated heterocycles. The lowest BCUT2D eigenvalue weighted by Gasteiger charge is -2.15. The van der Waals surface area contributed by atoms with Crippen LogP contribution in [0.1, 0.15) is 36.5 Å². The van der Waals surface area contributed by atoms with Gasteiger partial charge in [0.25, 0.3) is 0 Å². The number of para-hydroxylation sites is 1. The second-order valence-electron chi connectivity index (χ2n) is 5.14. The minimum absolute atomic E-state index is 0.372. The molecule has 0 bridgehead atoms. The highest BCUT2D eigenvalue weighted by Crippen LogP contribution is 2.35. The van der Waals surface area contributed by atoms with Gasteiger partial charge >= 0.3 is 0 Å². The van der Waals surface area contributed by atoms with E-state index in [2.05, 4.69) is 35.8 Å². The predicted molar refractivity (Wildman–Crippen MR) is 89.4 cm³/mol. The Bertz CT molecular complexity index is 608. The van der Waals surface area contributed by atoms with E-state index in [-0.39, 0.29) is 0 Å². The van der Waals surface area contributed by atoms with Gasteiger partial charge in [-0.1, -0.05) is 59.6 Å². The molecule has 0 unspecified atom stereocenters. The fourth-order valence-corrected chi connectivity index (χ4v) is 2.95. The summed E-state index contributed by atoms with van der Waals surface area (Å²) in [5.41, 5.74) is 3.29. The van der Waals surface area contributed by atoms with Gasteiger partial charge in [0, 0.05) is 15.9 Å². The molecule has 0 atom stereocenters. The van der Waals surface area contributed by atoms with Gasteiger partial charge in [-0.2, -0.15) is 0 Å². The fourth-order valence-electron chi connectivity index (χ4n) is 2.05. The highest BCUT2D eigenvalue weighted by molar-refractivity contribution is 9.08. The van der Waals surface area contributed by atoms with E-state index in [1.807, 2.05) is 37.3 Å². The lowest BCUT2D eigenvalue weighted by atomic mass is 10.0. The average molecular weight is 354 g/mol. The van der Waals surface area contributed by atoms with Crippen molar-refractivity contribution in [1.82, 2.24) is 0 Å². The van der Waals surface area contributed by atoms with Crippen molar-refractivity contribution in [2.24, 2.45) is 0 Å². The summed E-state index contributed by atoms with van der Waals surface area (Å²) in [7, 11) is 0. The third kappa shape index (κ3) is 3.36. The highest BCUT2D eigenvalue weighted by atomic mass is 79.9. The monoisotopic (exact) mass is 352 g/mol. The second kappa shape index (κ2) is 6.64. The first kappa shape index (κ1) is 15.4. The van der Waals surface area contributed by atoms with Gasteiger partial charge < -0.3 is 4.74 Å². The molecule has 3 heteroatoms. The quantitative estimate of drug-likeness (QED) is 0.573. The molecule has 0 aliphatic carbocycles. The van der Waals surface area contributed by atoms with Crippen molar-refractivity contribution >= 4 is 27.5 Å². The number of halogens is 2. The molecule has 0 aliphatic rings. The summed E-state index contributed by atoms with van der Waals surface area (Å²) in [6.07, 6.45) is 0. The van der Waals surface area contributed by atoms with E-state index in [0.29, 0.717) is 5.92 Å². The molecular formula is C17H18BrClO. The van der Waals surface area contributed by atoms with Crippen LogP contribution in [0.2, 0.25) is 5.02 Å². The van der Waals surface area contributed by atoms with E-state index >= 15 is 0 Å². The third-order valence-corrected chi connectivity index (χ3v) is 4.18. The summed E-state index contributed by atoms with van der Waals surface area (Å²) < 4.78 is 6.09. The maximum atomic E-state index is 6.29. The molecule has 2 aromatic rings. The minimum atomic E-state index is 0.372. The van der Waals surface area contributed by atoms with Crippen molar-refractivity contribution in [2.45, 2.75) is 32.0 Å². The molecule has 1 nitrogen and oxygen atoms in total. The third-order valence-electron chi connectivity index (χ3n) is 3.25. The summed E-state index contributed by atoms with van der Waals surface area (Å²) in [5, 5.41) is 1.57. The molecule has 0 spiro atoms. The van der Waals surface area contributed by atoms with Gasteiger partial charge in [0.1, 0.15) is 11.5 Å². The van der Waals surface area contributed by atoms with Gasteiger partial charge in [0.15, 0.2) is 0 Å². The number of benzene rings is 2. The number of hydrogen-bond donors (Lipinski definition) is 0. The second-order valence-corrected chi connectivity index (χ2v) is 6.11. The summed E-state index contributed by atoms with van der Waals surface area (Å²) in [4.78, 5) is 0. The smallest absolute Gasteiger partial charge is 0.131 e. The van der Waals surface area contributed by atoms with Crippen LogP contribution in [0.4, 0.5) is 0 Å². The summed E-state index contributed by atoms with van der Waals surface area (Å²) >= 11 is 9.78. The highest BCUT2D eigenvalue weighted by Gasteiger charge is 2.12. The largest absolute Gasteiger partial charge is 0.457 e. The maximum Gasteiger partial charge on any atom is 0.131 e. The van der Waals surface area contributed by atoms with Crippen molar-refractivity contribution in [2.75, 3.05) is 0 Å². The van der Waals surface area contributed by atoms with Crippen LogP contribution in [0.25, 0.3) is 0 Å². The lowest BCUT2D eigenvalue weighted by molar-refractivity contribution is 0.474. The molecule has 0 N–H and O–H groups in total. The van der Waals surface area contributed by atoms with Crippen molar-refractivity contribution in [3.05, 3.63) is 58.1 Å². The Balaban J connectivity index is 2.40. The van der Waals surface area contributed by atoms with Crippen LogP contribution < -0.4 is 4.74 Å². The Morgan fingerprint density at radius 1 is 1.15 bits per heavy atom. The van der Waals surface area contributed by atoms with E-state index in [9.17, 15) is 0 Å². The zero-order valence-electron chi connectivity index (χ0n) is 11.9. The Morgan fingerprint density at radius 2 is 1.85 bits per heavy atom. The molecule has 0 heterocycles. The SMILES string of the molecule is Cc1cc(Cl)c(C(C)C)cc1Oc1ccccc1CBr. The molecule has 106 valence electrons. The van der Waals surface area contributed by atoms with Gasteiger partial charge in [-0.15, -0.1) is 0 Å². The molecule has 0 aromatic heterocycles. The Kier molecular flexibility index (Phi) is 5.11. The van der Waals surface area contributed by atoms with E-state index in [1.54, 1.807) is 0 Å². The normalized spacial score (nSPS) is 10.9. The van der Waals surface area contributed by atoms with Crippen LogP contribution in [0.5, 0.6) is 11.5 Å². The van der Waals surface area contributed by atoms with Crippen LogP contribution in [-0.2, 0) is 5.33 Å². The molecule has 0 fully saturated rings. The van der Waals surface area contributed by atoms with Gasteiger partial charge in [0.2, 0.25) is 0 Å². The van der Waals surface area contributed by atoms with Crippen LogP contribution in [-0.4, -0.2) is 0 Å². The molecule has 0 radical (unpaired) electrons. The Hall–Kier alpha value is -0.990. The van der Waals surface area contributed by atoms with Crippen molar-refractivity contribution < 1.29 is 4.74 Å². The molecule has 20 heavy (non-hydrogen) atoms. The summed E-state index contributed by atoms with van der Waals surface area (Å²) in [6.45, 7) is 6.28. The zero-order chi connectivity index (χ0) is 14.7. The Labute approximate surface area is 134 Å². The van der Waals surface area contributed by atoms with E-state index in [1.165, 1.54) is 0 Å². The molecule has 0 aliphatic heterocycles. The van der Waals surface area contributed by atoms with E-state index in [0.717, 1.165) is 38.5 Å². The van der Waals surface area contributed by atoms with Crippen molar-refractivity contribution in [3.63, 3.8) is 0 Å². The Morgan fingerprint density at radius 3 is 2.50 bits per heavy atom. The molecular weight excluding hydrogens is 336 g/mol. The van der Waals surface area contributed by atoms with Gasteiger partial charge in [-0.3, -0.25) is 0 Å². The van der Waals surface area contributed by atoms with Crippen LogP contribution in [0.3, 0.4) is 0 Å². The standard InChI is InChI=1S/C17H18BrClO/c1-11(2)14-9-17(12(3)8-15(14)19)20-16-7-5-4-6-13(16)10-18/h4-9,11H,10H2,1-3H3. The minimum Gasteiger partial charge on any atom is -0.457 e. The number of hydrogen-bond acceptors (Lipinski definition) is 1. The van der Waals surface area contributed by atoms with E-state index < -0.39 is 0 Å². The molecule has 2 rings (SSSR count). The number of ether oxygens (including phenoxy) is 1. The summed E-state index contributed by atoms with van der Waals surface area (Å²) in [5.74, 6) is 2.12. The van der Waals surface area contributed by atoms with Crippen molar-refractivity contribution in [1.29, 1.82) is 0 Å². The van der Waals surface area contributed by atoms with Gasteiger partial charge in [-0.05, 0) is 42.2 Å². The first-order chi connectivity index (χ1) is 9.52. The average Bonchev–Trinajstić information content (AvgIpc) is 2.42. The molecule has 0 saturated carbocycles. The zero-order valence-corrected chi connectivity index (χ0v) is 14.3. The summed E-state index contributed by atoms with van der Waals surface area (Å²) in [6, 6.07) is 12.1. The number of alkyl halides is 1. The van der Waals surface area contributed by atoms with Gasteiger partial charge in [0.05, 0.1) is 0 Å². The van der Waals surface area contributed by atoms with Crippen LogP contribution in [0.15, 0.2) is 36.4 Å². The van der Waals surface area contributed by atoms with E-state index in [4.69, 9.17) is 16.3 Å². The van der Waals surface area contributed by atoms with Crippen molar-refractivity contribution in [3.8, 4) is 11.5 Å². The topological polar surface area (TPSA) is 9.23 Å². The maximum absolute atomic E-state index is 6.29.